The topological polar surface area (TPSA) is 31.4 Å². The zero-order valence-electron chi connectivity index (χ0n) is 11.5. The van der Waals surface area contributed by atoms with Gasteiger partial charge >= 0.3 is 25.2 Å². The van der Waals surface area contributed by atoms with Crippen LogP contribution in [0.25, 0.3) is 4.98 Å². The minimum absolute atomic E-state index is 0. The van der Waals surface area contributed by atoms with Gasteiger partial charge in [-0.3, -0.25) is 0 Å². The van der Waals surface area contributed by atoms with Crippen LogP contribution in [0.3, 0.4) is 0 Å². The van der Waals surface area contributed by atoms with Gasteiger partial charge in [0.05, 0.1) is 0 Å². The van der Waals surface area contributed by atoms with Crippen molar-refractivity contribution in [2.45, 2.75) is 13.5 Å². The van der Waals surface area contributed by atoms with Gasteiger partial charge in [-0.2, -0.15) is 0 Å². The summed E-state index contributed by atoms with van der Waals surface area (Å²) in [5, 5.41) is 8.67. The molecule has 0 aliphatic carbocycles. The van der Waals surface area contributed by atoms with E-state index < -0.39 is 0 Å². The molecular formula is C15H16ClN3Zn+2. The Labute approximate surface area is 138 Å². The molecular weight excluding hydrogens is 323 g/mol. The molecule has 0 aromatic heterocycles. The van der Waals surface area contributed by atoms with Crippen LogP contribution in [-0.2, 0) is 26.0 Å². The number of benzene rings is 2. The smallest absolute Gasteiger partial charge is 1.00 e. The molecule has 20 heavy (non-hydrogen) atoms. The SMILES string of the molecule is CCN(Cc1ccccc1)c1ccc([N+]#N)cc1.[Cl-].[Zn+2]. The van der Waals surface area contributed by atoms with E-state index in [9.17, 15) is 0 Å². The van der Waals surface area contributed by atoms with Crippen molar-refractivity contribution in [3.63, 3.8) is 0 Å². The first-order valence-electron chi connectivity index (χ1n) is 6.07. The summed E-state index contributed by atoms with van der Waals surface area (Å²) in [6.07, 6.45) is 0. The van der Waals surface area contributed by atoms with Gasteiger partial charge in [-0.15, -0.1) is 0 Å². The molecule has 0 saturated carbocycles. The third-order valence-electron chi connectivity index (χ3n) is 2.93. The molecule has 0 saturated heterocycles. The Hall–Kier alpha value is -1.43. The molecule has 0 amide bonds. The van der Waals surface area contributed by atoms with Crippen molar-refractivity contribution < 1.29 is 31.9 Å². The molecule has 0 aliphatic heterocycles. The number of halogens is 1. The minimum atomic E-state index is 0. The van der Waals surface area contributed by atoms with E-state index in [-0.39, 0.29) is 31.9 Å². The Kier molecular flexibility index (Phi) is 8.80. The fourth-order valence-corrected chi connectivity index (χ4v) is 1.92. The molecule has 2 aromatic carbocycles. The van der Waals surface area contributed by atoms with Crippen molar-refractivity contribution >= 4 is 11.4 Å². The van der Waals surface area contributed by atoms with Gasteiger partial charge in [-0.25, -0.2) is 0 Å². The molecule has 2 aromatic rings. The molecule has 0 bridgehead atoms. The molecule has 0 fully saturated rings. The van der Waals surface area contributed by atoms with E-state index in [1.165, 1.54) is 5.56 Å². The minimum Gasteiger partial charge on any atom is -1.00 e. The summed E-state index contributed by atoms with van der Waals surface area (Å²) in [7, 11) is 0. The van der Waals surface area contributed by atoms with Crippen LogP contribution in [0.4, 0.5) is 11.4 Å². The third-order valence-corrected chi connectivity index (χ3v) is 2.93. The first-order chi connectivity index (χ1) is 8.83. The average Bonchev–Trinajstić information content (AvgIpc) is 2.46. The maximum atomic E-state index is 8.67. The second-order valence-corrected chi connectivity index (χ2v) is 4.12. The maximum absolute atomic E-state index is 8.67. The Morgan fingerprint density at radius 1 is 1.00 bits per heavy atom. The van der Waals surface area contributed by atoms with Crippen molar-refractivity contribution in [3.05, 3.63) is 65.1 Å². The molecule has 0 atom stereocenters. The Bertz CT molecular complexity index is 537. The van der Waals surface area contributed by atoms with Gasteiger partial charge in [0.15, 0.2) is 4.98 Å². The standard InChI is InChI=1S/C15H16N3.ClH.Zn/c1-2-18(12-13-6-4-3-5-7-13)15-10-8-14(17-16)9-11-15;;/h3-11H,2,12H2,1H3;1H;/q+1;;+2/p-1. The van der Waals surface area contributed by atoms with Crippen LogP contribution in [0.2, 0.25) is 0 Å². The molecule has 0 radical (unpaired) electrons. The quantitative estimate of drug-likeness (QED) is 0.619. The molecule has 0 N–H and O–H groups in total. The second kappa shape index (κ2) is 9.47. The Balaban J connectivity index is 0.00000180. The van der Waals surface area contributed by atoms with Gasteiger partial charge in [0.1, 0.15) is 0 Å². The Morgan fingerprint density at radius 3 is 2.10 bits per heavy atom. The zero-order valence-corrected chi connectivity index (χ0v) is 15.3. The van der Waals surface area contributed by atoms with Gasteiger partial charge in [0.2, 0.25) is 5.39 Å². The normalized spacial score (nSPS) is 8.80. The van der Waals surface area contributed by atoms with E-state index in [1.807, 2.05) is 30.3 Å². The molecule has 0 unspecified atom stereocenters. The molecule has 0 heterocycles. The van der Waals surface area contributed by atoms with E-state index in [2.05, 4.69) is 41.1 Å². The van der Waals surface area contributed by atoms with Gasteiger partial charge in [-0.1, -0.05) is 30.3 Å². The summed E-state index contributed by atoms with van der Waals surface area (Å²) in [5.74, 6) is 0. The maximum Gasteiger partial charge on any atom is 2.00 e. The van der Waals surface area contributed by atoms with Crippen molar-refractivity contribution in [1.29, 1.82) is 5.39 Å². The number of hydrogen-bond acceptors (Lipinski definition) is 2. The van der Waals surface area contributed by atoms with E-state index in [1.54, 1.807) is 0 Å². The summed E-state index contributed by atoms with van der Waals surface area (Å²) < 4.78 is 0. The molecule has 2 rings (SSSR count). The van der Waals surface area contributed by atoms with Gasteiger partial charge in [0.25, 0.3) is 0 Å². The van der Waals surface area contributed by atoms with Crippen LogP contribution in [0, 0.1) is 5.39 Å². The number of rotatable bonds is 4. The van der Waals surface area contributed by atoms with Crippen LogP contribution in [0.15, 0.2) is 54.6 Å². The zero-order chi connectivity index (χ0) is 12.8. The van der Waals surface area contributed by atoms with Crippen molar-refractivity contribution in [1.82, 2.24) is 0 Å². The third kappa shape index (κ3) is 4.92. The number of diazo groups is 1. The monoisotopic (exact) mass is 337 g/mol. The molecule has 5 heteroatoms. The summed E-state index contributed by atoms with van der Waals surface area (Å²) in [6.45, 7) is 3.95. The second-order valence-electron chi connectivity index (χ2n) is 4.12. The van der Waals surface area contributed by atoms with Crippen molar-refractivity contribution in [2.75, 3.05) is 11.4 Å². The van der Waals surface area contributed by atoms with Gasteiger partial charge in [0, 0.05) is 30.9 Å². The predicted molar refractivity (Wildman–Crippen MR) is 74.4 cm³/mol. The molecule has 3 nitrogen and oxygen atoms in total. The summed E-state index contributed by atoms with van der Waals surface area (Å²) in [5.41, 5.74) is 3.00. The van der Waals surface area contributed by atoms with Gasteiger partial charge in [-0.05, 0) is 24.6 Å². The Morgan fingerprint density at radius 2 is 1.60 bits per heavy atom. The predicted octanol–water partition coefficient (Wildman–Crippen LogP) is 1.20. The van der Waals surface area contributed by atoms with Crippen LogP contribution in [0.5, 0.6) is 0 Å². The van der Waals surface area contributed by atoms with Crippen LogP contribution >= 0.6 is 0 Å². The summed E-state index contributed by atoms with van der Waals surface area (Å²) in [6, 6.07) is 17.9. The van der Waals surface area contributed by atoms with Crippen LogP contribution in [0.1, 0.15) is 12.5 Å². The largest absolute Gasteiger partial charge is 2.00 e. The molecule has 0 aliphatic rings. The van der Waals surface area contributed by atoms with Gasteiger partial charge < -0.3 is 17.3 Å². The van der Waals surface area contributed by atoms with Crippen molar-refractivity contribution in [3.8, 4) is 0 Å². The fourth-order valence-electron chi connectivity index (χ4n) is 1.92. The average molecular weight is 339 g/mol. The first-order valence-corrected chi connectivity index (χ1v) is 6.07. The van der Waals surface area contributed by atoms with E-state index >= 15 is 0 Å². The number of anilines is 1. The van der Waals surface area contributed by atoms with Crippen LogP contribution in [-0.4, -0.2) is 6.54 Å². The fraction of sp³-hybridized carbons (Fsp3) is 0.200. The summed E-state index contributed by atoms with van der Waals surface area (Å²) >= 11 is 0. The van der Waals surface area contributed by atoms with E-state index in [0.29, 0.717) is 5.69 Å². The van der Waals surface area contributed by atoms with Crippen molar-refractivity contribution in [2.24, 2.45) is 0 Å². The van der Waals surface area contributed by atoms with Crippen LogP contribution < -0.4 is 17.3 Å². The molecule has 0 spiro atoms. The molecule has 98 valence electrons. The number of hydrogen-bond donors (Lipinski definition) is 0. The van der Waals surface area contributed by atoms with E-state index in [4.69, 9.17) is 5.39 Å². The number of nitrogens with zero attached hydrogens (tertiary/aromatic N) is 3. The van der Waals surface area contributed by atoms with E-state index in [0.717, 1.165) is 18.8 Å². The summed E-state index contributed by atoms with van der Waals surface area (Å²) in [4.78, 5) is 5.44. The first kappa shape index (κ1) is 18.6.